The summed E-state index contributed by atoms with van der Waals surface area (Å²) >= 11 is 1.45. The van der Waals surface area contributed by atoms with E-state index >= 15 is 0 Å². The summed E-state index contributed by atoms with van der Waals surface area (Å²) in [6.07, 6.45) is 5.26. The van der Waals surface area contributed by atoms with Crippen molar-refractivity contribution >= 4 is 23.2 Å². The number of amides is 1. The largest absolute Gasteiger partial charge is 0.371 e. The van der Waals surface area contributed by atoms with Crippen LogP contribution in [-0.4, -0.2) is 64.1 Å². The maximum atomic E-state index is 12.6. The Morgan fingerprint density at radius 1 is 1.17 bits per heavy atom. The maximum Gasteiger partial charge on any atom is 0.273 e. The topological polar surface area (TPSA) is 71.5 Å². The van der Waals surface area contributed by atoms with Gasteiger partial charge >= 0.3 is 0 Å². The summed E-state index contributed by atoms with van der Waals surface area (Å²) < 4.78 is 6.11. The normalized spacial score (nSPS) is 20.3. The van der Waals surface area contributed by atoms with E-state index in [9.17, 15) is 4.79 Å². The number of morpholine rings is 1. The minimum absolute atomic E-state index is 0.00717. The van der Waals surface area contributed by atoms with E-state index < -0.39 is 0 Å². The molecular weight excluding hydrogens is 326 g/mol. The van der Waals surface area contributed by atoms with Crippen LogP contribution >= 0.6 is 11.3 Å². The van der Waals surface area contributed by atoms with Gasteiger partial charge in [0.15, 0.2) is 0 Å². The highest BCUT2D eigenvalue weighted by Gasteiger charge is 2.41. The summed E-state index contributed by atoms with van der Waals surface area (Å²) in [5, 5.41) is 1.81. The van der Waals surface area contributed by atoms with Gasteiger partial charge in [-0.15, -0.1) is 11.3 Å². The maximum absolute atomic E-state index is 12.6. The number of carbonyl (C=O) groups is 1. The molecule has 2 saturated heterocycles. The molecule has 0 aromatic carbocycles. The molecule has 4 rings (SSSR count). The van der Waals surface area contributed by atoms with Crippen LogP contribution in [0.3, 0.4) is 0 Å². The molecule has 0 unspecified atom stereocenters. The molecule has 0 radical (unpaired) electrons. The summed E-state index contributed by atoms with van der Waals surface area (Å²) in [5.41, 5.74) is 1.98. The molecule has 2 aromatic rings. The standard InChI is InChI=1S/C16H19N5O2S/c22-14(13-10-24-12-19-13)21-8-9-23-16(11-21)2-6-20(7-3-16)15-17-4-1-5-18-15/h1,4-5,10,12H,2-3,6-9,11H2. The predicted molar refractivity (Wildman–Crippen MR) is 90.2 cm³/mol. The van der Waals surface area contributed by atoms with E-state index in [0.29, 0.717) is 25.4 Å². The molecule has 2 aromatic heterocycles. The zero-order chi connectivity index (χ0) is 16.4. The molecule has 4 heterocycles. The molecule has 2 fully saturated rings. The van der Waals surface area contributed by atoms with Crippen LogP contribution < -0.4 is 4.90 Å². The van der Waals surface area contributed by atoms with Crippen molar-refractivity contribution < 1.29 is 9.53 Å². The molecule has 2 aliphatic rings. The van der Waals surface area contributed by atoms with Crippen molar-refractivity contribution in [3.8, 4) is 0 Å². The van der Waals surface area contributed by atoms with E-state index in [-0.39, 0.29) is 11.5 Å². The third-order valence-corrected chi connectivity index (χ3v) is 5.28. The minimum Gasteiger partial charge on any atom is -0.371 e. The lowest BCUT2D eigenvalue weighted by atomic mass is 9.89. The molecule has 1 spiro atoms. The molecular formula is C16H19N5O2S. The average Bonchev–Trinajstić information content (AvgIpc) is 3.17. The number of piperidine rings is 1. The molecule has 24 heavy (non-hydrogen) atoms. The Balaban J connectivity index is 1.42. The number of aromatic nitrogens is 3. The van der Waals surface area contributed by atoms with Crippen molar-refractivity contribution in [2.24, 2.45) is 0 Å². The van der Waals surface area contributed by atoms with Gasteiger partial charge in [0, 0.05) is 37.4 Å². The molecule has 0 aliphatic carbocycles. The number of anilines is 1. The number of nitrogens with zero attached hydrogens (tertiary/aromatic N) is 5. The SMILES string of the molecule is O=C(c1cscn1)N1CCOC2(CCN(c3ncccn3)CC2)C1. The molecule has 2 aliphatic heterocycles. The highest BCUT2D eigenvalue weighted by atomic mass is 32.1. The summed E-state index contributed by atoms with van der Waals surface area (Å²) in [4.78, 5) is 29.4. The number of hydrogen-bond donors (Lipinski definition) is 0. The Morgan fingerprint density at radius 3 is 2.67 bits per heavy atom. The van der Waals surface area contributed by atoms with E-state index in [1.165, 1.54) is 11.3 Å². The molecule has 0 saturated carbocycles. The van der Waals surface area contributed by atoms with Gasteiger partial charge in [0.1, 0.15) is 5.69 Å². The average molecular weight is 345 g/mol. The van der Waals surface area contributed by atoms with Gasteiger partial charge < -0.3 is 14.5 Å². The fourth-order valence-corrected chi connectivity index (χ4v) is 3.90. The van der Waals surface area contributed by atoms with Gasteiger partial charge in [0.25, 0.3) is 5.91 Å². The number of hydrogen-bond acceptors (Lipinski definition) is 7. The zero-order valence-electron chi connectivity index (χ0n) is 13.3. The van der Waals surface area contributed by atoms with Crippen LogP contribution in [0, 0.1) is 0 Å². The Morgan fingerprint density at radius 2 is 1.96 bits per heavy atom. The van der Waals surface area contributed by atoms with E-state index in [2.05, 4.69) is 19.9 Å². The summed E-state index contributed by atoms with van der Waals surface area (Å²) in [5.74, 6) is 0.770. The van der Waals surface area contributed by atoms with Crippen molar-refractivity contribution in [1.29, 1.82) is 0 Å². The third kappa shape index (κ3) is 2.99. The highest BCUT2D eigenvalue weighted by molar-refractivity contribution is 7.07. The van der Waals surface area contributed by atoms with Crippen LogP contribution in [0.15, 0.2) is 29.4 Å². The number of thiazole rings is 1. The number of ether oxygens (including phenoxy) is 1. The van der Waals surface area contributed by atoms with Crippen LogP contribution in [0.5, 0.6) is 0 Å². The highest BCUT2D eigenvalue weighted by Crippen LogP contribution is 2.31. The molecule has 1 amide bonds. The van der Waals surface area contributed by atoms with Gasteiger partial charge in [-0.2, -0.15) is 0 Å². The van der Waals surface area contributed by atoms with E-state index in [4.69, 9.17) is 4.74 Å². The second-order valence-corrected chi connectivity index (χ2v) is 6.89. The first-order chi connectivity index (χ1) is 11.8. The molecule has 0 atom stereocenters. The first kappa shape index (κ1) is 15.5. The molecule has 126 valence electrons. The second kappa shape index (κ2) is 6.45. The fraction of sp³-hybridized carbons (Fsp3) is 0.500. The first-order valence-electron chi connectivity index (χ1n) is 8.09. The fourth-order valence-electron chi connectivity index (χ4n) is 3.37. The van der Waals surface area contributed by atoms with E-state index in [1.54, 1.807) is 23.3 Å². The molecule has 0 N–H and O–H groups in total. The van der Waals surface area contributed by atoms with Crippen molar-refractivity contribution in [1.82, 2.24) is 19.9 Å². The summed E-state index contributed by atoms with van der Waals surface area (Å²) in [7, 11) is 0. The van der Waals surface area contributed by atoms with Gasteiger partial charge in [-0.05, 0) is 18.9 Å². The smallest absolute Gasteiger partial charge is 0.273 e. The van der Waals surface area contributed by atoms with Gasteiger partial charge in [0.05, 0.1) is 24.3 Å². The lowest BCUT2D eigenvalue weighted by molar-refractivity contribution is -0.111. The number of rotatable bonds is 2. The lowest BCUT2D eigenvalue weighted by Gasteiger charge is -2.47. The van der Waals surface area contributed by atoms with Crippen molar-refractivity contribution in [2.45, 2.75) is 18.4 Å². The van der Waals surface area contributed by atoms with Crippen molar-refractivity contribution in [2.75, 3.05) is 37.7 Å². The monoisotopic (exact) mass is 345 g/mol. The van der Waals surface area contributed by atoms with Gasteiger partial charge in [-0.3, -0.25) is 4.79 Å². The first-order valence-corrected chi connectivity index (χ1v) is 9.03. The zero-order valence-corrected chi connectivity index (χ0v) is 14.1. The van der Waals surface area contributed by atoms with Crippen molar-refractivity contribution in [3.05, 3.63) is 35.0 Å². The molecule has 7 nitrogen and oxygen atoms in total. The lowest BCUT2D eigenvalue weighted by Crippen LogP contribution is -2.58. The molecule has 8 heteroatoms. The quantitative estimate of drug-likeness (QED) is 0.820. The Kier molecular flexibility index (Phi) is 4.15. The van der Waals surface area contributed by atoms with Crippen LogP contribution in [0.25, 0.3) is 0 Å². The molecule has 0 bridgehead atoms. The second-order valence-electron chi connectivity index (χ2n) is 6.17. The Hall–Kier alpha value is -2.06. The van der Waals surface area contributed by atoms with Gasteiger partial charge in [-0.25, -0.2) is 15.0 Å². The van der Waals surface area contributed by atoms with Gasteiger partial charge in [-0.1, -0.05) is 0 Å². The predicted octanol–water partition coefficient (Wildman–Crippen LogP) is 1.44. The van der Waals surface area contributed by atoms with Crippen LogP contribution in [-0.2, 0) is 4.74 Å². The third-order valence-electron chi connectivity index (χ3n) is 4.70. The summed E-state index contributed by atoms with van der Waals surface area (Å²) in [6, 6.07) is 1.82. The van der Waals surface area contributed by atoms with Crippen LogP contribution in [0.1, 0.15) is 23.3 Å². The summed E-state index contributed by atoms with van der Waals surface area (Å²) in [6.45, 7) is 3.51. The van der Waals surface area contributed by atoms with Crippen molar-refractivity contribution in [3.63, 3.8) is 0 Å². The van der Waals surface area contributed by atoms with E-state index in [1.807, 2.05) is 11.0 Å². The minimum atomic E-state index is -0.255. The van der Waals surface area contributed by atoms with Gasteiger partial charge in [0.2, 0.25) is 5.95 Å². The number of carbonyl (C=O) groups excluding carboxylic acids is 1. The van der Waals surface area contributed by atoms with Crippen LogP contribution in [0.2, 0.25) is 0 Å². The van der Waals surface area contributed by atoms with Crippen LogP contribution in [0.4, 0.5) is 5.95 Å². The Bertz CT molecular complexity index is 686. The Labute approximate surface area is 144 Å². The van der Waals surface area contributed by atoms with E-state index in [0.717, 1.165) is 31.9 Å².